The zero-order chi connectivity index (χ0) is 13.3. The molecular formula is C12H23N3O2. The molecule has 0 aliphatic rings. The Balaban J connectivity index is 3.90. The lowest BCUT2D eigenvalue weighted by Crippen LogP contribution is -2.41. The van der Waals surface area contributed by atoms with Crippen molar-refractivity contribution in [2.45, 2.75) is 20.3 Å². The fourth-order valence-electron chi connectivity index (χ4n) is 1.20. The Morgan fingerprint density at radius 1 is 1.53 bits per heavy atom. The summed E-state index contributed by atoms with van der Waals surface area (Å²) in [5, 5.41) is 11.7. The van der Waals surface area contributed by atoms with E-state index in [0.717, 1.165) is 13.1 Å². The predicted octanol–water partition coefficient (Wildman–Crippen LogP) is 0.621. The van der Waals surface area contributed by atoms with Gasteiger partial charge in [0, 0.05) is 26.7 Å². The summed E-state index contributed by atoms with van der Waals surface area (Å²) in [6.07, 6.45) is 0.523. The number of amides is 1. The van der Waals surface area contributed by atoms with E-state index in [1.807, 2.05) is 14.0 Å². The topological polar surface area (TPSA) is 65.4 Å². The summed E-state index contributed by atoms with van der Waals surface area (Å²) in [5.41, 5.74) is -0.912. The predicted molar refractivity (Wildman–Crippen MR) is 66.4 cm³/mol. The third kappa shape index (κ3) is 5.66. The molecule has 1 unspecified atom stereocenters. The Kier molecular flexibility index (Phi) is 7.51. The highest BCUT2D eigenvalue weighted by Gasteiger charge is 2.30. The molecule has 0 aromatic rings. The van der Waals surface area contributed by atoms with Gasteiger partial charge in [0.15, 0.2) is 0 Å². The lowest BCUT2D eigenvalue weighted by molar-refractivity contribution is -0.127. The zero-order valence-corrected chi connectivity index (χ0v) is 11.2. The van der Waals surface area contributed by atoms with Crippen LogP contribution in [0.15, 0.2) is 0 Å². The van der Waals surface area contributed by atoms with Crippen molar-refractivity contribution in [1.29, 1.82) is 5.26 Å². The van der Waals surface area contributed by atoms with Crippen molar-refractivity contribution >= 4 is 5.91 Å². The van der Waals surface area contributed by atoms with Crippen LogP contribution < -0.4 is 5.32 Å². The van der Waals surface area contributed by atoms with Gasteiger partial charge in [-0.25, -0.2) is 0 Å². The van der Waals surface area contributed by atoms with Gasteiger partial charge in [0.1, 0.15) is 5.41 Å². The highest BCUT2D eigenvalue weighted by Crippen LogP contribution is 2.19. The molecule has 1 atom stereocenters. The number of hydrogen-bond acceptors (Lipinski definition) is 4. The van der Waals surface area contributed by atoms with E-state index < -0.39 is 5.41 Å². The Morgan fingerprint density at radius 2 is 2.18 bits per heavy atom. The number of likely N-dealkylation sites (N-methyl/N-ethyl adjacent to an activating group) is 1. The quantitative estimate of drug-likeness (QED) is 0.676. The van der Waals surface area contributed by atoms with E-state index in [2.05, 4.69) is 16.3 Å². The Morgan fingerprint density at radius 3 is 2.65 bits per heavy atom. The van der Waals surface area contributed by atoms with Crippen LogP contribution in [0.4, 0.5) is 0 Å². The number of nitrogens with one attached hydrogen (secondary N) is 1. The van der Waals surface area contributed by atoms with Gasteiger partial charge in [0.05, 0.1) is 12.7 Å². The zero-order valence-electron chi connectivity index (χ0n) is 11.2. The van der Waals surface area contributed by atoms with E-state index in [1.54, 1.807) is 14.0 Å². The number of methoxy groups -OCH3 is 1. The minimum absolute atomic E-state index is 0.192. The van der Waals surface area contributed by atoms with Crippen LogP contribution in [-0.4, -0.2) is 51.2 Å². The second-order valence-corrected chi connectivity index (χ2v) is 4.35. The molecule has 0 saturated heterocycles. The molecule has 0 radical (unpaired) electrons. The molecule has 1 N–H and O–H groups in total. The highest BCUT2D eigenvalue weighted by atomic mass is 16.5. The Hall–Kier alpha value is -1.12. The van der Waals surface area contributed by atoms with Crippen molar-refractivity contribution in [1.82, 2.24) is 10.2 Å². The van der Waals surface area contributed by atoms with Crippen molar-refractivity contribution in [3.05, 3.63) is 0 Å². The van der Waals surface area contributed by atoms with Gasteiger partial charge >= 0.3 is 0 Å². The van der Waals surface area contributed by atoms with Gasteiger partial charge in [-0.05, 0) is 20.4 Å². The summed E-state index contributed by atoms with van der Waals surface area (Å²) in [5.74, 6) is -0.192. The first-order valence-corrected chi connectivity index (χ1v) is 5.87. The Bertz CT molecular complexity index is 275. The van der Waals surface area contributed by atoms with Crippen molar-refractivity contribution in [2.75, 3.05) is 40.4 Å². The van der Waals surface area contributed by atoms with E-state index >= 15 is 0 Å². The first-order valence-electron chi connectivity index (χ1n) is 5.87. The summed E-state index contributed by atoms with van der Waals surface area (Å²) in [6.45, 7) is 6.31. The fraction of sp³-hybridized carbons (Fsp3) is 0.833. The highest BCUT2D eigenvalue weighted by molar-refractivity contribution is 5.84. The van der Waals surface area contributed by atoms with Crippen LogP contribution in [0.3, 0.4) is 0 Å². The number of nitrogens with zero attached hydrogens (tertiary/aromatic N) is 2. The summed E-state index contributed by atoms with van der Waals surface area (Å²) >= 11 is 0. The van der Waals surface area contributed by atoms with Crippen LogP contribution in [0, 0.1) is 16.7 Å². The SMILES string of the molecule is CCC(C)(C#N)C(=O)NCCN(C)CCOC. The third-order valence-corrected chi connectivity index (χ3v) is 2.91. The maximum Gasteiger partial charge on any atom is 0.240 e. The monoisotopic (exact) mass is 241 g/mol. The van der Waals surface area contributed by atoms with Crippen LogP contribution in [0.5, 0.6) is 0 Å². The molecule has 1 amide bonds. The number of ether oxygens (including phenoxy) is 1. The molecule has 17 heavy (non-hydrogen) atoms. The number of hydrogen-bond donors (Lipinski definition) is 1. The second kappa shape index (κ2) is 8.04. The average molecular weight is 241 g/mol. The lowest BCUT2D eigenvalue weighted by atomic mass is 9.88. The maximum absolute atomic E-state index is 11.7. The molecule has 0 rings (SSSR count). The molecule has 0 aromatic carbocycles. The van der Waals surface area contributed by atoms with Crippen molar-refractivity contribution < 1.29 is 9.53 Å². The van der Waals surface area contributed by atoms with Gasteiger partial charge in [-0.15, -0.1) is 0 Å². The number of carbonyl (C=O) groups is 1. The van der Waals surface area contributed by atoms with Gasteiger partial charge in [0.25, 0.3) is 0 Å². The molecule has 0 aliphatic carbocycles. The average Bonchev–Trinajstić information content (AvgIpc) is 2.35. The molecule has 5 heteroatoms. The van der Waals surface area contributed by atoms with Gasteiger partial charge in [0.2, 0.25) is 5.91 Å². The van der Waals surface area contributed by atoms with Crippen LogP contribution in [-0.2, 0) is 9.53 Å². The Labute approximate surface area is 104 Å². The molecule has 0 heterocycles. The van der Waals surface area contributed by atoms with E-state index in [-0.39, 0.29) is 5.91 Å². The van der Waals surface area contributed by atoms with E-state index in [4.69, 9.17) is 10.00 Å². The molecule has 0 spiro atoms. The third-order valence-electron chi connectivity index (χ3n) is 2.91. The fourth-order valence-corrected chi connectivity index (χ4v) is 1.20. The molecular weight excluding hydrogens is 218 g/mol. The summed E-state index contributed by atoms with van der Waals surface area (Å²) in [6, 6.07) is 2.05. The normalized spacial score (nSPS) is 14.1. The lowest BCUT2D eigenvalue weighted by Gasteiger charge is -2.20. The molecule has 0 saturated carbocycles. The standard InChI is InChI=1S/C12H23N3O2/c1-5-12(2,10-13)11(16)14-6-7-15(3)8-9-17-4/h5-9H2,1-4H3,(H,14,16). The van der Waals surface area contributed by atoms with Crippen molar-refractivity contribution in [2.24, 2.45) is 5.41 Å². The van der Waals surface area contributed by atoms with E-state index in [0.29, 0.717) is 19.6 Å². The summed E-state index contributed by atoms with van der Waals surface area (Å²) in [7, 11) is 3.63. The first-order chi connectivity index (χ1) is 8.00. The van der Waals surface area contributed by atoms with Gasteiger partial charge in [-0.1, -0.05) is 6.92 Å². The number of carbonyl (C=O) groups excluding carboxylic acids is 1. The van der Waals surface area contributed by atoms with Crippen LogP contribution in [0.2, 0.25) is 0 Å². The second-order valence-electron chi connectivity index (χ2n) is 4.35. The number of nitriles is 1. The summed E-state index contributed by atoms with van der Waals surface area (Å²) in [4.78, 5) is 13.8. The van der Waals surface area contributed by atoms with E-state index in [9.17, 15) is 4.79 Å². The van der Waals surface area contributed by atoms with Gasteiger partial charge in [-0.2, -0.15) is 5.26 Å². The first kappa shape index (κ1) is 15.9. The molecule has 5 nitrogen and oxygen atoms in total. The number of rotatable bonds is 8. The van der Waals surface area contributed by atoms with Crippen molar-refractivity contribution in [3.63, 3.8) is 0 Å². The molecule has 0 bridgehead atoms. The van der Waals surface area contributed by atoms with Crippen LogP contribution in [0.1, 0.15) is 20.3 Å². The summed E-state index contributed by atoms with van der Waals surface area (Å²) < 4.78 is 4.96. The van der Waals surface area contributed by atoms with Crippen LogP contribution in [0.25, 0.3) is 0 Å². The molecule has 0 aromatic heterocycles. The van der Waals surface area contributed by atoms with E-state index in [1.165, 1.54) is 0 Å². The smallest absolute Gasteiger partial charge is 0.240 e. The maximum atomic E-state index is 11.7. The van der Waals surface area contributed by atoms with Crippen molar-refractivity contribution in [3.8, 4) is 6.07 Å². The minimum atomic E-state index is -0.912. The minimum Gasteiger partial charge on any atom is -0.383 e. The van der Waals surface area contributed by atoms with Gasteiger partial charge < -0.3 is 15.0 Å². The molecule has 98 valence electrons. The van der Waals surface area contributed by atoms with Crippen LogP contribution >= 0.6 is 0 Å². The largest absolute Gasteiger partial charge is 0.383 e. The van der Waals surface area contributed by atoms with Gasteiger partial charge in [-0.3, -0.25) is 4.79 Å². The molecule has 0 fully saturated rings. The molecule has 0 aliphatic heterocycles.